The van der Waals surface area contributed by atoms with Gasteiger partial charge in [0.1, 0.15) is 11.5 Å². The van der Waals surface area contributed by atoms with Crippen LogP contribution in [0.1, 0.15) is 19.8 Å². The summed E-state index contributed by atoms with van der Waals surface area (Å²) in [7, 11) is 0. The fourth-order valence-electron chi connectivity index (χ4n) is 1.56. The second kappa shape index (κ2) is 6.83. The molecule has 2 N–H and O–H groups in total. The molecule has 0 aliphatic carbocycles. The number of rotatable bonds is 6. The third-order valence-electron chi connectivity index (χ3n) is 2.57. The molecule has 1 aromatic rings. The number of hydrogen-bond donors (Lipinski definition) is 2. The SMILES string of the molecule is CCC(CCO)Nc1cc(F)c(I)cc1[N+](=O)[O-]. The van der Waals surface area contributed by atoms with Crippen LogP contribution in [0.4, 0.5) is 15.8 Å². The van der Waals surface area contributed by atoms with Crippen molar-refractivity contribution < 1.29 is 14.4 Å². The molecule has 100 valence electrons. The Labute approximate surface area is 118 Å². The first-order chi connectivity index (χ1) is 8.49. The maximum absolute atomic E-state index is 13.4. The Balaban J connectivity index is 3.06. The molecule has 0 spiro atoms. The summed E-state index contributed by atoms with van der Waals surface area (Å²) in [4.78, 5) is 10.4. The third-order valence-corrected chi connectivity index (χ3v) is 3.39. The number of nitrogens with one attached hydrogen (secondary N) is 1. The standard InChI is InChI=1S/C11H14FIN2O3/c1-2-7(3-4-16)14-10-5-8(12)9(13)6-11(10)15(17)18/h5-7,14,16H,2-4H2,1H3. The molecule has 5 nitrogen and oxygen atoms in total. The minimum absolute atomic E-state index is 0.0217. The fraction of sp³-hybridized carbons (Fsp3) is 0.455. The molecule has 0 aromatic heterocycles. The van der Waals surface area contributed by atoms with E-state index < -0.39 is 10.7 Å². The molecule has 18 heavy (non-hydrogen) atoms. The van der Waals surface area contributed by atoms with Gasteiger partial charge in [-0.1, -0.05) is 6.92 Å². The maximum atomic E-state index is 13.4. The van der Waals surface area contributed by atoms with E-state index in [1.165, 1.54) is 6.07 Å². The van der Waals surface area contributed by atoms with E-state index in [-0.39, 0.29) is 27.6 Å². The van der Waals surface area contributed by atoms with Gasteiger partial charge in [-0.25, -0.2) is 4.39 Å². The summed E-state index contributed by atoms with van der Waals surface area (Å²) in [5.74, 6) is -0.498. The number of anilines is 1. The minimum atomic E-state index is -0.546. The van der Waals surface area contributed by atoms with Gasteiger partial charge in [0, 0.05) is 24.8 Å². The van der Waals surface area contributed by atoms with Gasteiger partial charge in [0.15, 0.2) is 0 Å². The zero-order valence-electron chi connectivity index (χ0n) is 9.82. The first-order valence-corrected chi connectivity index (χ1v) is 6.58. The van der Waals surface area contributed by atoms with Crippen molar-refractivity contribution in [3.05, 3.63) is 31.6 Å². The normalized spacial score (nSPS) is 12.2. The highest BCUT2D eigenvalue weighted by Gasteiger charge is 2.19. The Morgan fingerprint density at radius 1 is 1.61 bits per heavy atom. The largest absolute Gasteiger partial charge is 0.396 e. The van der Waals surface area contributed by atoms with Crippen molar-refractivity contribution in [3.8, 4) is 0 Å². The molecular weight excluding hydrogens is 354 g/mol. The first kappa shape index (κ1) is 15.1. The number of nitrogens with zero attached hydrogens (tertiary/aromatic N) is 1. The molecule has 1 aromatic carbocycles. The molecule has 0 bridgehead atoms. The van der Waals surface area contributed by atoms with Crippen LogP contribution in [-0.4, -0.2) is 22.7 Å². The summed E-state index contributed by atoms with van der Waals surface area (Å²) < 4.78 is 13.7. The Hall–Kier alpha value is -0.960. The first-order valence-electron chi connectivity index (χ1n) is 5.50. The molecule has 0 saturated heterocycles. The van der Waals surface area contributed by atoms with E-state index in [9.17, 15) is 14.5 Å². The summed E-state index contributed by atoms with van der Waals surface area (Å²) in [6.07, 6.45) is 1.15. The van der Waals surface area contributed by atoms with E-state index in [1.54, 1.807) is 22.6 Å². The lowest BCUT2D eigenvalue weighted by atomic mass is 10.1. The number of nitro groups is 1. The van der Waals surface area contributed by atoms with E-state index in [4.69, 9.17) is 5.11 Å². The van der Waals surface area contributed by atoms with Gasteiger partial charge >= 0.3 is 0 Å². The molecule has 1 unspecified atom stereocenters. The number of halogens is 2. The summed E-state index contributed by atoms with van der Waals surface area (Å²) in [6, 6.07) is 2.21. The van der Waals surface area contributed by atoms with Crippen molar-refractivity contribution in [2.45, 2.75) is 25.8 Å². The Bertz CT molecular complexity index is 443. The molecular formula is C11H14FIN2O3. The molecule has 0 heterocycles. The van der Waals surface area contributed by atoms with E-state index in [0.29, 0.717) is 12.8 Å². The van der Waals surface area contributed by atoms with Crippen molar-refractivity contribution in [2.75, 3.05) is 11.9 Å². The number of aliphatic hydroxyl groups excluding tert-OH is 1. The summed E-state index contributed by atoms with van der Waals surface area (Å²) in [5.41, 5.74) is -0.00425. The van der Waals surface area contributed by atoms with Gasteiger partial charge in [0.2, 0.25) is 0 Å². The van der Waals surface area contributed by atoms with Gasteiger partial charge in [0.05, 0.1) is 8.49 Å². The fourth-order valence-corrected chi connectivity index (χ4v) is 2.01. The molecule has 0 aliphatic heterocycles. The smallest absolute Gasteiger partial charge is 0.293 e. The third kappa shape index (κ3) is 3.77. The number of aliphatic hydroxyl groups is 1. The molecule has 0 amide bonds. The topological polar surface area (TPSA) is 75.4 Å². The van der Waals surface area contributed by atoms with E-state index in [2.05, 4.69) is 5.32 Å². The van der Waals surface area contributed by atoms with Crippen LogP contribution in [0.2, 0.25) is 0 Å². The van der Waals surface area contributed by atoms with Crippen molar-refractivity contribution in [1.82, 2.24) is 0 Å². The predicted octanol–water partition coefficient (Wildman–Crippen LogP) is 2.91. The van der Waals surface area contributed by atoms with Gasteiger partial charge in [-0.15, -0.1) is 0 Å². The average Bonchev–Trinajstić information content (AvgIpc) is 2.32. The molecule has 0 radical (unpaired) electrons. The van der Waals surface area contributed by atoms with Gasteiger partial charge in [-0.05, 0) is 35.4 Å². The molecule has 0 saturated carbocycles. The maximum Gasteiger partial charge on any atom is 0.293 e. The summed E-state index contributed by atoms with van der Waals surface area (Å²) >= 11 is 1.71. The van der Waals surface area contributed by atoms with Crippen molar-refractivity contribution >= 4 is 34.0 Å². The van der Waals surface area contributed by atoms with Crippen molar-refractivity contribution in [1.29, 1.82) is 0 Å². The van der Waals surface area contributed by atoms with Crippen LogP contribution in [0.5, 0.6) is 0 Å². The lowest BCUT2D eigenvalue weighted by Gasteiger charge is -2.17. The van der Waals surface area contributed by atoms with Crippen LogP contribution in [0, 0.1) is 19.5 Å². The highest BCUT2D eigenvalue weighted by molar-refractivity contribution is 14.1. The van der Waals surface area contributed by atoms with Crippen LogP contribution in [0.25, 0.3) is 0 Å². The van der Waals surface area contributed by atoms with E-state index in [1.807, 2.05) is 6.92 Å². The van der Waals surface area contributed by atoms with Gasteiger partial charge < -0.3 is 10.4 Å². The summed E-state index contributed by atoms with van der Waals surface area (Å²) in [6.45, 7) is 1.87. The second-order valence-corrected chi connectivity index (χ2v) is 4.96. The van der Waals surface area contributed by atoms with Crippen LogP contribution in [0.3, 0.4) is 0 Å². The van der Waals surface area contributed by atoms with E-state index >= 15 is 0 Å². The molecule has 1 rings (SSSR count). The van der Waals surface area contributed by atoms with E-state index in [0.717, 1.165) is 6.07 Å². The van der Waals surface area contributed by atoms with Crippen molar-refractivity contribution in [2.24, 2.45) is 0 Å². The molecule has 0 fully saturated rings. The summed E-state index contributed by atoms with van der Waals surface area (Å²) in [5, 5.41) is 22.7. The Kier molecular flexibility index (Phi) is 5.73. The quantitative estimate of drug-likeness (QED) is 0.460. The van der Waals surface area contributed by atoms with Crippen molar-refractivity contribution in [3.63, 3.8) is 0 Å². The monoisotopic (exact) mass is 368 g/mol. The zero-order valence-corrected chi connectivity index (χ0v) is 12.0. The van der Waals surface area contributed by atoms with Gasteiger partial charge in [0.25, 0.3) is 5.69 Å². The minimum Gasteiger partial charge on any atom is -0.396 e. The number of nitro benzene ring substituents is 1. The highest BCUT2D eigenvalue weighted by Crippen LogP contribution is 2.29. The molecule has 1 atom stereocenters. The van der Waals surface area contributed by atoms with Crippen LogP contribution in [0.15, 0.2) is 12.1 Å². The van der Waals surface area contributed by atoms with Gasteiger partial charge in [-0.2, -0.15) is 0 Å². The van der Waals surface area contributed by atoms with Crippen LogP contribution < -0.4 is 5.32 Å². The predicted molar refractivity (Wildman–Crippen MR) is 75.2 cm³/mol. The van der Waals surface area contributed by atoms with Gasteiger partial charge in [-0.3, -0.25) is 10.1 Å². The highest BCUT2D eigenvalue weighted by atomic mass is 127. The number of benzene rings is 1. The average molecular weight is 368 g/mol. The number of hydrogen-bond acceptors (Lipinski definition) is 4. The zero-order chi connectivity index (χ0) is 13.7. The lowest BCUT2D eigenvalue weighted by molar-refractivity contribution is -0.384. The Morgan fingerprint density at radius 3 is 2.78 bits per heavy atom. The Morgan fingerprint density at radius 2 is 2.28 bits per heavy atom. The van der Waals surface area contributed by atoms with Crippen LogP contribution >= 0.6 is 22.6 Å². The van der Waals surface area contributed by atoms with Crippen LogP contribution in [-0.2, 0) is 0 Å². The second-order valence-electron chi connectivity index (χ2n) is 3.80. The molecule has 0 aliphatic rings. The lowest BCUT2D eigenvalue weighted by Crippen LogP contribution is -2.20. The molecule has 7 heteroatoms.